The molecular formula is C5H10O6S2. The standard InChI is InChI=1S/C5H10O6S2/c1-4-5(2)11-13(8,9)3-12(6,7)10-4/h4-5H,3H2,1-2H3. The third-order valence-corrected chi connectivity index (χ3v) is 5.05. The molecule has 8 heteroatoms. The van der Waals surface area contributed by atoms with Gasteiger partial charge in [0.1, 0.15) is 12.2 Å². The Morgan fingerprint density at radius 1 is 0.923 bits per heavy atom. The van der Waals surface area contributed by atoms with Gasteiger partial charge in [0, 0.05) is 0 Å². The molecule has 0 bridgehead atoms. The average molecular weight is 230 g/mol. The predicted molar refractivity (Wildman–Crippen MR) is 43.8 cm³/mol. The summed E-state index contributed by atoms with van der Waals surface area (Å²) in [4.78, 5) is 0. The van der Waals surface area contributed by atoms with Crippen molar-refractivity contribution in [3.8, 4) is 0 Å². The Morgan fingerprint density at radius 2 is 1.23 bits per heavy atom. The van der Waals surface area contributed by atoms with Gasteiger partial charge >= 0.3 is 0 Å². The van der Waals surface area contributed by atoms with Crippen LogP contribution in [0.2, 0.25) is 0 Å². The molecule has 2 unspecified atom stereocenters. The number of hydrogen-bond donors (Lipinski definition) is 0. The maximum Gasteiger partial charge on any atom is 0.284 e. The van der Waals surface area contributed by atoms with Gasteiger partial charge in [-0.25, -0.2) is 0 Å². The summed E-state index contributed by atoms with van der Waals surface area (Å²) in [7, 11) is -8.04. The van der Waals surface area contributed by atoms with Gasteiger partial charge in [-0.1, -0.05) is 0 Å². The van der Waals surface area contributed by atoms with Crippen molar-refractivity contribution < 1.29 is 25.2 Å². The van der Waals surface area contributed by atoms with Gasteiger partial charge in [-0.15, -0.1) is 0 Å². The van der Waals surface area contributed by atoms with E-state index in [9.17, 15) is 16.8 Å². The molecule has 78 valence electrons. The van der Waals surface area contributed by atoms with Gasteiger partial charge in [0.25, 0.3) is 20.2 Å². The highest BCUT2D eigenvalue weighted by Crippen LogP contribution is 2.17. The van der Waals surface area contributed by atoms with Gasteiger partial charge in [-0.3, -0.25) is 8.37 Å². The minimum Gasteiger partial charge on any atom is -0.263 e. The number of hydrogen-bond acceptors (Lipinski definition) is 6. The van der Waals surface area contributed by atoms with E-state index < -0.39 is 37.5 Å². The summed E-state index contributed by atoms with van der Waals surface area (Å²) in [6, 6.07) is 0. The van der Waals surface area contributed by atoms with E-state index >= 15 is 0 Å². The highest BCUT2D eigenvalue weighted by atomic mass is 32.3. The summed E-state index contributed by atoms with van der Waals surface area (Å²) in [5.41, 5.74) is 0. The van der Waals surface area contributed by atoms with E-state index in [4.69, 9.17) is 0 Å². The van der Waals surface area contributed by atoms with Crippen LogP contribution < -0.4 is 0 Å². The van der Waals surface area contributed by atoms with Crippen LogP contribution in [0.25, 0.3) is 0 Å². The minimum atomic E-state index is -4.02. The molecule has 2 atom stereocenters. The summed E-state index contributed by atoms with van der Waals surface area (Å²) in [5.74, 6) is 0. The van der Waals surface area contributed by atoms with Crippen LogP contribution in [-0.4, -0.2) is 34.1 Å². The summed E-state index contributed by atoms with van der Waals surface area (Å²) in [5, 5.41) is -1.12. The molecular weight excluding hydrogens is 220 g/mol. The van der Waals surface area contributed by atoms with Crippen molar-refractivity contribution in [2.24, 2.45) is 0 Å². The van der Waals surface area contributed by atoms with Crippen molar-refractivity contribution in [1.82, 2.24) is 0 Å². The van der Waals surface area contributed by atoms with Crippen LogP contribution >= 0.6 is 0 Å². The minimum absolute atomic E-state index is 0.790. The second kappa shape index (κ2) is 3.19. The van der Waals surface area contributed by atoms with Crippen LogP contribution in [0.15, 0.2) is 0 Å². The lowest BCUT2D eigenvalue weighted by Crippen LogP contribution is -2.25. The molecule has 0 aliphatic carbocycles. The van der Waals surface area contributed by atoms with Gasteiger partial charge in [-0.05, 0) is 13.8 Å². The summed E-state index contributed by atoms with van der Waals surface area (Å²) in [6.07, 6.45) is -1.58. The second-order valence-corrected chi connectivity index (χ2v) is 6.39. The average Bonchev–Trinajstić information content (AvgIpc) is 1.85. The van der Waals surface area contributed by atoms with Crippen LogP contribution in [0.3, 0.4) is 0 Å². The summed E-state index contributed by atoms with van der Waals surface area (Å²) < 4.78 is 52.9. The molecule has 6 nitrogen and oxygen atoms in total. The Morgan fingerprint density at radius 3 is 1.54 bits per heavy atom. The molecule has 0 aromatic carbocycles. The summed E-state index contributed by atoms with van der Waals surface area (Å²) in [6.45, 7) is 2.87. The molecule has 1 aliphatic heterocycles. The fraction of sp³-hybridized carbons (Fsp3) is 1.00. The van der Waals surface area contributed by atoms with Crippen LogP contribution in [0.5, 0.6) is 0 Å². The fourth-order valence-electron chi connectivity index (χ4n) is 0.851. The van der Waals surface area contributed by atoms with E-state index in [0.29, 0.717) is 0 Å². The smallest absolute Gasteiger partial charge is 0.263 e. The highest BCUT2D eigenvalue weighted by molar-refractivity contribution is 8.03. The lowest BCUT2D eigenvalue weighted by molar-refractivity contribution is 0.0950. The van der Waals surface area contributed by atoms with Crippen LogP contribution in [-0.2, 0) is 28.6 Å². The molecule has 1 fully saturated rings. The first kappa shape index (κ1) is 10.9. The fourth-order valence-corrected chi connectivity index (χ4v) is 3.95. The first-order chi connectivity index (χ1) is 5.72. The zero-order valence-corrected chi connectivity index (χ0v) is 8.76. The normalized spacial score (nSPS) is 38.0. The Kier molecular flexibility index (Phi) is 2.68. The van der Waals surface area contributed by atoms with E-state index in [-0.39, 0.29) is 0 Å². The quantitative estimate of drug-likeness (QED) is 0.518. The Bertz CT molecular complexity index is 341. The van der Waals surface area contributed by atoms with E-state index in [0.717, 1.165) is 0 Å². The highest BCUT2D eigenvalue weighted by Gasteiger charge is 2.35. The molecule has 1 saturated heterocycles. The van der Waals surface area contributed by atoms with E-state index in [1.165, 1.54) is 13.8 Å². The predicted octanol–water partition coefficient (Wildman–Crippen LogP) is -0.573. The van der Waals surface area contributed by atoms with Gasteiger partial charge in [0.15, 0.2) is 0 Å². The molecule has 0 aromatic heterocycles. The lowest BCUT2D eigenvalue weighted by Gasteiger charge is -2.12. The molecule has 0 N–H and O–H groups in total. The molecule has 1 heterocycles. The van der Waals surface area contributed by atoms with Crippen LogP contribution in [0.4, 0.5) is 0 Å². The molecule has 1 rings (SSSR count). The zero-order valence-electron chi connectivity index (χ0n) is 7.13. The molecule has 0 amide bonds. The Hall–Kier alpha value is -0.180. The third kappa shape index (κ3) is 2.90. The first-order valence-electron chi connectivity index (χ1n) is 3.54. The van der Waals surface area contributed by atoms with Crippen molar-refractivity contribution >= 4 is 20.2 Å². The van der Waals surface area contributed by atoms with Crippen molar-refractivity contribution in [3.63, 3.8) is 0 Å². The SMILES string of the molecule is CC1OS(=O)(=O)CS(=O)(=O)OC1C. The number of rotatable bonds is 0. The van der Waals surface area contributed by atoms with Gasteiger partial charge in [0.05, 0.1) is 0 Å². The topological polar surface area (TPSA) is 86.7 Å². The maximum atomic E-state index is 11.0. The van der Waals surface area contributed by atoms with Gasteiger partial charge in [-0.2, -0.15) is 16.8 Å². The van der Waals surface area contributed by atoms with Crippen molar-refractivity contribution in [2.75, 3.05) is 5.08 Å². The molecule has 0 radical (unpaired) electrons. The Labute approximate surface area is 77.1 Å². The van der Waals surface area contributed by atoms with Crippen LogP contribution in [0, 0.1) is 0 Å². The molecule has 0 saturated carbocycles. The molecule has 0 spiro atoms. The van der Waals surface area contributed by atoms with E-state index in [2.05, 4.69) is 8.37 Å². The summed E-state index contributed by atoms with van der Waals surface area (Å²) >= 11 is 0. The van der Waals surface area contributed by atoms with Crippen molar-refractivity contribution in [3.05, 3.63) is 0 Å². The van der Waals surface area contributed by atoms with E-state index in [1.54, 1.807) is 0 Å². The van der Waals surface area contributed by atoms with Crippen molar-refractivity contribution in [1.29, 1.82) is 0 Å². The Balaban J connectivity index is 3.08. The van der Waals surface area contributed by atoms with Crippen molar-refractivity contribution in [2.45, 2.75) is 26.1 Å². The molecule has 1 aliphatic rings. The third-order valence-electron chi connectivity index (χ3n) is 1.55. The first-order valence-corrected chi connectivity index (χ1v) is 6.69. The lowest BCUT2D eigenvalue weighted by atomic mass is 10.3. The van der Waals surface area contributed by atoms with Crippen LogP contribution in [0.1, 0.15) is 13.8 Å². The second-order valence-electron chi connectivity index (χ2n) is 2.84. The zero-order chi connectivity index (χ0) is 10.3. The molecule has 0 aromatic rings. The van der Waals surface area contributed by atoms with E-state index in [1.807, 2.05) is 0 Å². The largest absolute Gasteiger partial charge is 0.284 e. The monoisotopic (exact) mass is 230 g/mol. The maximum absolute atomic E-state index is 11.0. The van der Waals surface area contributed by atoms with Gasteiger partial charge in [0.2, 0.25) is 5.08 Å². The van der Waals surface area contributed by atoms with Gasteiger partial charge < -0.3 is 0 Å². The molecule has 13 heavy (non-hydrogen) atoms.